The van der Waals surface area contributed by atoms with E-state index >= 15 is 0 Å². The van der Waals surface area contributed by atoms with Crippen molar-refractivity contribution in [3.05, 3.63) is 0 Å². The van der Waals surface area contributed by atoms with E-state index in [1.54, 1.807) is 12.3 Å². The van der Waals surface area contributed by atoms with E-state index in [-0.39, 0.29) is 6.10 Å². The van der Waals surface area contributed by atoms with Gasteiger partial charge in [-0.2, -0.15) is 13.2 Å². The maximum atomic E-state index is 11.7. The standard InChI is InChI=1S/C7H10F3N3O3/c1-3-4(16-3)5(14)12-13-6(15)11-2-7(8,9)10/h3-4H,2H2,1H3,(H,12,14)(H2,11,13,15)/t3-,4+/m0/s1. The lowest BCUT2D eigenvalue weighted by Gasteiger charge is -2.09. The van der Waals surface area contributed by atoms with Gasteiger partial charge in [-0.3, -0.25) is 10.2 Å². The molecule has 0 aromatic carbocycles. The van der Waals surface area contributed by atoms with Crippen LogP contribution < -0.4 is 16.2 Å². The van der Waals surface area contributed by atoms with Gasteiger partial charge in [0, 0.05) is 0 Å². The average Bonchev–Trinajstić information content (AvgIpc) is 2.87. The monoisotopic (exact) mass is 241 g/mol. The number of carbonyl (C=O) groups is 2. The number of rotatable bonds is 2. The number of hydrazine groups is 1. The van der Waals surface area contributed by atoms with Crippen molar-refractivity contribution in [3.8, 4) is 0 Å². The summed E-state index contributed by atoms with van der Waals surface area (Å²) in [6, 6.07) is -1.14. The van der Waals surface area contributed by atoms with Crippen molar-refractivity contribution in [1.82, 2.24) is 16.2 Å². The highest BCUT2D eigenvalue weighted by molar-refractivity contribution is 5.86. The van der Waals surface area contributed by atoms with Crippen molar-refractivity contribution < 1.29 is 27.5 Å². The van der Waals surface area contributed by atoms with Gasteiger partial charge in [-0.1, -0.05) is 0 Å². The molecule has 0 radical (unpaired) electrons. The SMILES string of the molecule is C[C@@H]1O[C@H]1C(=O)NNC(=O)NCC(F)(F)F. The molecule has 0 unspecified atom stereocenters. The first kappa shape index (κ1) is 12.6. The minimum Gasteiger partial charge on any atom is -0.359 e. The topological polar surface area (TPSA) is 82.8 Å². The van der Waals surface area contributed by atoms with Crippen LogP contribution in [0.4, 0.5) is 18.0 Å². The van der Waals surface area contributed by atoms with Crippen LogP contribution in [0.25, 0.3) is 0 Å². The summed E-state index contributed by atoms with van der Waals surface area (Å²) in [5, 5.41) is 1.52. The predicted octanol–water partition coefficient (Wildman–Crippen LogP) is -0.334. The maximum absolute atomic E-state index is 11.7. The Morgan fingerprint density at radius 1 is 1.31 bits per heavy atom. The fraction of sp³-hybridized carbons (Fsp3) is 0.714. The summed E-state index contributed by atoms with van der Waals surface area (Å²) in [5.41, 5.74) is 3.69. The predicted molar refractivity (Wildman–Crippen MR) is 45.1 cm³/mol. The van der Waals surface area contributed by atoms with Crippen molar-refractivity contribution in [2.24, 2.45) is 0 Å². The lowest BCUT2D eigenvalue weighted by molar-refractivity contribution is -0.123. The highest BCUT2D eigenvalue weighted by Gasteiger charge is 2.41. The molecule has 1 heterocycles. The molecule has 0 aromatic heterocycles. The Morgan fingerprint density at radius 3 is 2.31 bits per heavy atom. The van der Waals surface area contributed by atoms with E-state index < -0.39 is 30.8 Å². The number of nitrogens with one attached hydrogen (secondary N) is 3. The molecule has 1 aliphatic heterocycles. The van der Waals surface area contributed by atoms with Crippen LogP contribution in [0.2, 0.25) is 0 Å². The number of ether oxygens (including phenoxy) is 1. The van der Waals surface area contributed by atoms with Crippen molar-refractivity contribution in [2.45, 2.75) is 25.3 Å². The zero-order chi connectivity index (χ0) is 12.3. The normalized spacial score (nSPS) is 23.5. The summed E-state index contributed by atoms with van der Waals surface area (Å²) < 4.78 is 39.7. The number of hydrogen-bond acceptors (Lipinski definition) is 3. The molecular formula is C7H10F3N3O3. The van der Waals surface area contributed by atoms with Gasteiger partial charge in [-0.25, -0.2) is 10.2 Å². The van der Waals surface area contributed by atoms with E-state index in [2.05, 4.69) is 0 Å². The molecule has 3 amide bonds. The zero-order valence-electron chi connectivity index (χ0n) is 8.22. The summed E-state index contributed by atoms with van der Waals surface area (Å²) in [6.07, 6.45) is -5.38. The van der Waals surface area contributed by atoms with Crippen molar-refractivity contribution in [2.75, 3.05) is 6.54 Å². The van der Waals surface area contributed by atoms with Gasteiger partial charge in [0.1, 0.15) is 6.54 Å². The van der Waals surface area contributed by atoms with E-state index in [4.69, 9.17) is 4.74 Å². The summed E-state index contributed by atoms with van der Waals surface area (Å²) in [7, 11) is 0. The molecule has 1 aliphatic rings. The molecule has 3 N–H and O–H groups in total. The van der Waals surface area contributed by atoms with Gasteiger partial charge in [-0.05, 0) is 6.92 Å². The van der Waals surface area contributed by atoms with Crippen LogP contribution in [-0.4, -0.2) is 36.9 Å². The second-order valence-electron chi connectivity index (χ2n) is 3.17. The number of halogens is 3. The third-order valence-corrected chi connectivity index (χ3v) is 1.72. The van der Waals surface area contributed by atoms with E-state index in [0.717, 1.165) is 0 Å². The van der Waals surface area contributed by atoms with Gasteiger partial charge >= 0.3 is 12.2 Å². The molecule has 1 rings (SSSR count). The molecule has 6 nitrogen and oxygen atoms in total. The molecule has 2 atom stereocenters. The lowest BCUT2D eigenvalue weighted by Crippen LogP contribution is -2.50. The summed E-state index contributed by atoms with van der Waals surface area (Å²) >= 11 is 0. The first-order chi connectivity index (χ1) is 7.29. The Hall–Kier alpha value is -1.51. The molecule has 0 spiro atoms. The number of amides is 3. The average molecular weight is 241 g/mol. The maximum Gasteiger partial charge on any atom is 0.405 e. The van der Waals surface area contributed by atoms with E-state index in [1.807, 2.05) is 5.43 Å². The van der Waals surface area contributed by atoms with E-state index in [9.17, 15) is 22.8 Å². The minimum absolute atomic E-state index is 0.236. The number of hydrogen-bond donors (Lipinski definition) is 3. The third kappa shape index (κ3) is 4.34. The van der Waals surface area contributed by atoms with Crippen LogP contribution in [0.3, 0.4) is 0 Å². The highest BCUT2D eigenvalue weighted by Crippen LogP contribution is 2.20. The van der Waals surface area contributed by atoms with Crippen molar-refractivity contribution >= 4 is 11.9 Å². The molecule has 0 aromatic rings. The van der Waals surface area contributed by atoms with Crippen molar-refractivity contribution in [1.29, 1.82) is 0 Å². The first-order valence-corrected chi connectivity index (χ1v) is 4.35. The molecule has 9 heteroatoms. The Balaban J connectivity index is 2.13. The number of urea groups is 1. The summed E-state index contributed by atoms with van der Waals surface area (Å²) in [6.45, 7) is 0.180. The van der Waals surface area contributed by atoms with Crippen LogP contribution >= 0.6 is 0 Å². The van der Waals surface area contributed by atoms with Gasteiger partial charge < -0.3 is 10.1 Å². The molecule has 1 saturated heterocycles. The minimum atomic E-state index is -4.49. The molecular weight excluding hydrogens is 231 g/mol. The van der Waals surface area contributed by atoms with E-state index in [0.29, 0.717) is 0 Å². The van der Waals surface area contributed by atoms with Crippen LogP contribution in [0.1, 0.15) is 6.92 Å². The fourth-order valence-corrected chi connectivity index (χ4v) is 0.875. The van der Waals surface area contributed by atoms with E-state index in [1.165, 1.54) is 5.32 Å². The molecule has 92 valence electrons. The Morgan fingerprint density at radius 2 is 1.88 bits per heavy atom. The van der Waals surface area contributed by atoms with Crippen LogP contribution in [0, 0.1) is 0 Å². The summed E-state index contributed by atoms with van der Waals surface area (Å²) in [5.74, 6) is -0.602. The quantitative estimate of drug-likeness (QED) is 0.457. The fourth-order valence-electron chi connectivity index (χ4n) is 0.875. The van der Waals surface area contributed by atoms with Crippen molar-refractivity contribution in [3.63, 3.8) is 0 Å². The van der Waals surface area contributed by atoms with Gasteiger partial charge in [0.05, 0.1) is 6.10 Å². The highest BCUT2D eigenvalue weighted by atomic mass is 19.4. The van der Waals surface area contributed by atoms with Gasteiger partial charge in [-0.15, -0.1) is 0 Å². The van der Waals surface area contributed by atoms with Gasteiger partial charge in [0.25, 0.3) is 5.91 Å². The van der Waals surface area contributed by atoms with Crippen LogP contribution in [0.15, 0.2) is 0 Å². The Bertz CT molecular complexity index is 294. The molecule has 0 bridgehead atoms. The third-order valence-electron chi connectivity index (χ3n) is 1.72. The molecule has 0 aliphatic carbocycles. The van der Waals surface area contributed by atoms with Crippen LogP contribution in [-0.2, 0) is 9.53 Å². The molecule has 16 heavy (non-hydrogen) atoms. The van der Waals surface area contributed by atoms with Crippen LogP contribution in [0.5, 0.6) is 0 Å². The first-order valence-electron chi connectivity index (χ1n) is 4.35. The number of carbonyl (C=O) groups excluding carboxylic acids is 2. The largest absolute Gasteiger partial charge is 0.405 e. The number of epoxide rings is 1. The van der Waals surface area contributed by atoms with Gasteiger partial charge in [0.15, 0.2) is 6.10 Å². The second-order valence-corrected chi connectivity index (χ2v) is 3.17. The second kappa shape index (κ2) is 4.56. The van der Waals surface area contributed by atoms with Gasteiger partial charge in [0.2, 0.25) is 0 Å². The zero-order valence-corrected chi connectivity index (χ0v) is 8.22. The number of alkyl halides is 3. The molecule has 0 saturated carbocycles. The smallest absolute Gasteiger partial charge is 0.359 e. The lowest BCUT2D eigenvalue weighted by atomic mass is 10.3. The summed E-state index contributed by atoms with van der Waals surface area (Å²) in [4.78, 5) is 21.8. The Kier molecular flexibility index (Phi) is 3.58. The molecule has 1 fully saturated rings. The Labute approximate surface area is 88.5 Å².